The van der Waals surface area contributed by atoms with Crippen molar-refractivity contribution in [3.8, 4) is 0 Å². The second kappa shape index (κ2) is 10.0. The van der Waals surface area contributed by atoms with Crippen molar-refractivity contribution in [1.29, 1.82) is 0 Å². The lowest BCUT2D eigenvalue weighted by Gasteiger charge is -2.65. The highest BCUT2D eigenvalue weighted by Gasteiger charge is 2.61. The van der Waals surface area contributed by atoms with Crippen LogP contribution >= 0.6 is 11.6 Å². The third-order valence-corrected chi connectivity index (χ3v) is 10.6. The summed E-state index contributed by atoms with van der Waals surface area (Å²) in [5.41, 5.74) is 0.466. The summed E-state index contributed by atoms with van der Waals surface area (Å²) in [4.78, 5) is 20.2. The van der Waals surface area contributed by atoms with Gasteiger partial charge in [-0.15, -0.1) is 0 Å². The van der Waals surface area contributed by atoms with Crippen molar-refractivity contribution in [3.05, 3.63) is 77.1 Å². The Morgan fingerprint density at radius 1 is 1.18 bits per heavy atom. The van der Waals surface area contributed by atoms with Crippen molar-refractivity contribution >= 4 is 33.4 Å². The number of likely N-dealkylation sites (N-methyl/N-ethyl adjacent to an activating group) is 1. The average Bonchev–Trinajstić information content (AvgIpc) is 3.16. The maximum Gasteiger partial charge on any atom is 0.250 e. The highest BCUT2D eigenvalue weighted by Crippen LogP contribution is 2.60. The van der Waals surface area contributed by atoms with Crippen molar-refractivity contribution in [3.63, 3.8) is 0 Å². The zero-order valence-electron chi connectivity index (χ0n) is 22.5. The molecule has 4 aliphatic rings. The van der Waals surface area contributed by atoms with Crippen LogP contribution in [0.1, 0.15) is 45.1 Å². The molecule has 3 aliphatic carbocycles. The third-order valence-electron chi connectivity index (χ3n) is 8.39. The minimum Gasteiger partial charge on any atom is -0.363 e. The molecule has 2 aromatic carbocycles. The van der Waals surface area contributed by atoms with Crippen LogP contribution in [0.4, 0.5) is 4.39 Å². The predicted molar refractivity (Wildman–Crippen MR) is 150 cm³/mol. The minimum absolute atomic E-state index is 0.000547. The molecule has 0 unspecified atom stereocenters. The predicted octanol–water partition coefficient (Wildman–Crippen LogP) is 4.78. The van der Waals surface area contributed by atoms with Crippen LogP contribution in [-0.2, 0) is 21.4 Å². The Balaban J connectivity index is 1.33. The number of carbonyl (C=O) groups excluding carboxylic acids is 1. The van der Waals surface area contributed by atoms with E-state index >= 15 is 0 Å². The lowest BCUT2D eigenvalue weighted by atomic mass is 9.49. The Labute approximate surface area is 234 Å². The van der Waals surface area contributed by atoms with E-state index in [1.54, 1.807) is 24.3 Å². The molecule has 1 atom stereocenters. The number of aliphatic imine (C=N–C) groups is 1. The number of nitrogens with one attached hydrogen (secondary N) is 1. The number of benzene rings is 2. The Kier molecular flexibility index (Phi) is 7.14. The van der Waals surface area contributed by atoms with E-state index in [0.29, 0.717) is 17.0 Å². The Hall–Kier alpha value is -2.75. The molecular formula is C29H34ClFN4O3S. The summed E-state index contributed by atoms with van der Waals surface area (Å²) in [6, 6.07) is 11.8. The topological polar surface area (TPSA) is 82.1 Å². The van der Waals surface area contributed by atoms with E-state index in [0.717, 1.165) is 25.2 Å². The first-order valence-corrected chi connectivity index (χ1v) is 15.0. The number of amidine groups is 1. The van der Waals surface area contributed by atoms with E-state index < -0.39 is 27.4 Å². The van der Waals surface area contributed by atoms with Crippen molar-refractivity contribution < 1.29 is 17.6 Å². The molecule has 0 radical (unpaired) electrons. The monoisotopic (exact) mass is 572 g/mol. The summed E-state index contributed by atoms with van der Waals surface area (Å²) in [5, 5.41) is 3.32. The van der Waals surface area contributed by atoms with Gasteiger partial charge in [-0.1, -0.05) is 42.4 Å². The molecule has 39 heavy (non-hydrogen) atoms. The van der Waals surface area contributed by atoms with Gasteiger partial charge in [-0.25, -0.2) is 12.8 Å². The van der Waals surface area contributed by atoms with Crippen LogP contribution in [0.15, 0.2) is 70.6 Å². The van der Waals surface area contributed by atoms with E-state index in [-0.39, 0.29) is 40.9 Å². The van der Waals surface area contributed by atoms with Crippen LogP contribution in [-0.4, -0.2) is 60.1 Å². The van der Waals surface area contributed by atoms with Crippen LogP contribution in [0.5, 0.6) is 0 Å². The van der Waals surface area contributed by atoms with Gasteiger partial charge in [0.2, 0.25) is 15.9 Å². The van der Waals surface area contributed by atoms with Crippen LogP contribution in [0.3, 0.4) is 0 Å². The van der Waals surface area contributed by atoms with E-state index in [2.05, 4.69) is 11.9 Å². The maximum atomic E-state index is 14.1. The number of halogens is 2. The molecule has 208 valence electrons. The highest BCUT2D eigenvalue weighted by atomic mass is 35.5. The Morgan fingerprint density at radius 2 is 1.85 bits per heavy atom. The molecule has 1 aliphatic heterocycles. The molecule has 0 saturated heterocycles. The lowest BCUT2D eigenvalue weighted by Crippen LogP contribution is -2.70. The fourth-order valence-corrected chi connectivity index (χ4v) is 7.31. The molecule has 1 amide bonds. The zero-order chi connectivity index (χ0) is 28.2. The lowest BCUT2D eigenvalue weighted by molar-refractivity contribution is -0.168. The zero-order valence-corrected chi connectivity index (χ0v) is 24.0. The summed E-state index contributed by atoms with van der Waals surface area (Å²) in [6.45, 7) is 8.09. The molecule has 3 fully saturated rings. The van der Waals surface area contributed by atoms with Crippen LogP contribution in [0.25, 0.3) is 0 Å². The standard InChI is InChI=1S/C29H34ClFN4O3S/c1-19(26-32-25(28(2,3)33-26)27(36)34(4)29-15-21(16-29)17-29)12-13-35(18-20-10-11-23(30)24(31)14-20)39(37,38)22-8-6-5-7-9-22/h5-11,14,21,25H,1,12-13,15-18H2,2-4H3,(H,32,33)/t21?,25-,29?/m0/s1. The number of carbonyl (C=O) groups is 1. The van der Waals surface area contributed by atoms with Gasteiger partial charge in [0, 0.05) is 25.7 Å². The average molecular weight is 573 g/mol. The Bertz CT molecular complexity index is 1430. The molecule has 2 bridgehead atoms. The maximum absolute atomic E-state index is 14.1. The fraction of sp³-hybridized carbons (Fsp3) is 0.448. The van der Waals surface area contributed by atoms with Crippen molar-refractivity contribution in [2.75, 3.05) is 13.6 Å². The summed E-state index contributed by atoms with van der Waals surface area (Å²) in [6.07, 6.45) is 3.49. The number of sulfonamides is 1. The number of amides is 1. The minimum atomic E-state index is -3.89. The summed E-state index contributed by atoms with van der Waals surface area (Å²) in [5.74, 6) is 0.653. The molecule has 3 saturated carbocycles. The van der Waals surface area contributed by atoms with E-state index in [1.807, 2.05) is 25.8 Å². The van der Waals surface area contributed by atoms with Crippen molar-refractivity contribution in [2.24, 2.45) is 10.9 Å². The molecular weight excluding hydrogens is 539 g/mol. The van der Waals surface area contributed by atoms with Gasteiger partial charge in [0.05, 0.1) is 15.5 Å². The number of rotatable bonds is 10. The van der Waals surface area contributed by atoms with Gasteiger partial charge in [-0.2, -0.15) is 4.31 Å². The summed E-state index contributed by atoms with van der Waals surface area (Å²) >= 11 is 5.83. The Morgan fingerprint density at radius 3 is 2.44 bits per heavy atom. The largest absolute Gasteiger partial charge is 0.363 e. The molecule has 0 aromatic heterocycles. The molecule has 10 heteroatoms. The van der Waals surface area contributed by atoms with Crippen molar-refractivity contribution in [2.45, 2.75) is 68.1 Å². The van der Waals surface area contributed by atoms with E-state index in [9.17, 15) is 17.6 Å². The normalized spacial score (nSPS) is 24.8. The molecule has 1 N–H and O–H groups in total. The van der Waals surface area contributed by atoms with Crippen LogP contribution in [0.2, 0.25) is 5.02 Å². The van der Waals surface area contributed by atoms with Gasteiger partial charge in [-0.05, 0) is 80.9 Å². The first-order valence-electron chi connectivity index (χ1n) is 13.1. The van der Waals surface area contributed by atoms with Gasteiger partial charge < -0.3 is 10.2 Å². The summed E-state index contributed by atoms with van der Waals surface area (Å²) < 4.78 is 42.5. The van der Waals surface area contributed by atoms with Gasteiger partial charge in [-0.3, -0.25) is 9.79 Å². The molecule has 0 spiro atoms. The first kappa shape index (κ1) is 27.8. The van der Waals surface area contributed by atoms with Gasteiger partial charge >= 0.3 is 0 Å². The summed E-state index contributed by atoms with van der Waals surface area (Å²) in [7, 11) is -2.02. The van der Waals surface area contributed by atoms with Crippen LogP contribution < -0.4 is 5.32 Å². The number of nitrogens with zero attached hydrogens (tertiary/aromatic N) is 3. The SMILES string of the molecule is C=C(CCN(Cc1ccc(Cl)c(F)c1)S(=O)(=O)c1ccccc1)C1=N[C@@H](C(=O)N(C)C23CC(C2)C3)C(C)(C)N1. The quantitative estimate of drug-likeness (QED) is 0.444. The molecule has 7 nitrogen and oxygen atoms in total. The molecule has 6 rings (SSSR count). The van der Waals surface area contributed by atoms with Gasteiger partial charge in [0.15, 0.2) is 6.04 Å². The van der Waals surface area contributed by atoms with Gasteiger partial charge in [0.25, 0.3) is 0 Å². The fourth-order valence-electron chi connectivity index (χ4n) is 5.75. The first-order chi connectivity index (χ1) is 18.3. The second-order valence-electron chi connectivity index (χ2n) is 11.6. The molecule has 1 heterocycles. The van der Waals surface area contributed by atoms with E-state index in [1.165, 1.54) is 28.6 Å². The number of hydrogen-bond donors (Lipinski definition) is 1. The third kappa shape index (κ3) is 5.12. The number of hydrogen-bond acceptors (Lipinski definition) is 5. The van der Waals surface area contributed by atoms with Crippen LogP contribution in [0, 0.1) is 11.7 Å². The second-order valence-corrected chi connectivity index (χ2v) is 13.9. The highest BCUT2D eigenvalue weighted by molar-refractivity contribution is 7.89. The van der Waals surface area contributed by atoms with E-state index in [4.69, 9.17) is 16.6 Å². The smallest absolute Gasteiger partial charge is 0.250 e. The van der Waals surface area contributed by atoms with Crippen molar-refractivity contribution in [1.82, 2.24) is 14.5 Å². The molecule has 2 aromatic rings. The van der Waals surface area contributed by atoms with Gasteiger partial charge in [0.1, 0.15) is 11.7 Å².